The van der Waals surface area contributed by atoms with Gasteiger partial charge in [0.25, 0.3) is 0 Å². The normalized spacial score (nSPS) is 24.4. The van der Waals surface area contributed by atoms with Crippen molar-refractivity contribution in [2.45, 2.75) is 43.5 Å². The van der Waals surface area contributed by atoms with Gasteiger partial charge < -0.3 is 9.84 Å². The lowest BCUT2D eigenvalue weighted by atomic mass is 9.79. The van der Waals surface area contributed by atoms with Gasteiger partial charge in [-0.25, -0.2) is 0 Å². The molecule has 0 spiro atoms. The fourth-order valence-electron chi connectivity index (χ4n) is 4.13. The van der Waals surface area contributed by atoms with Crippen LogP contribution in [0.15, 0.2) is 87.8 Å². The fraction of sp³-hybridized carbons (Fsp3) is 0.280. The first-order valence-electron chi connectivity index (χ1n) is 9.95. The Balaban J connectivity index is 1.63. The minimum atomic E-state index is -0.798. The van der Waals surface area contributed by atoms with Gasteiger partial charge >= 0.3 is 0 Å². The molecule has 0 aromatic heterocycles. The Labute approximate surface area is 189 Å². The van der Waals surface area contributed by atoms with Crippen molar-refractivity contribution in [1.29, 1.82) is 0 Å². The highest BCUT2D eigenvalue weighted by molar-refractivity contribution is 9.10. The molecule has 2 atom stereocenters. The van der Waals surface area contributed by atoms with Crippen LogP contribution < -0.4 is 0 Å². The monoisotopic (exact) mass is 514 g/mol. The van der Waals surface area contributed by atoms with Crippen LogP contribution in [-0.2, 0) is 11.2 Å². The number of hydrogen-bond donors (Lipinski definition) is 1. The van der Waals surface area contributed by atoms with Crippen molar-refractivity contribution in [3.8, 4) is 0 Å². The van der Waals surface area contributed by atoms with Gasteiger partial charge in [0.1, 0.15) is 0 Å². The molecule has 0 amide bonds. The summed E-state index contributed by atoms with van der Waals surface area (Å²) in [5, 5.41) is 11.7. The summed E-state index contributed by atoms with van der Waals surface area (Å²) in [6, 6.07) is 26.7. The van der Waals surface area contributed by atoms with Gasteiger partial charge in [0.2, 0.25) is 0 Å². The number of ether oxygens (including phenoxy) is 1. The molecule has 1 fully saturated rings. The first-order chi connectivity index (χ1) is 14.0. The predicted molar refractivity (Wildman–Crippen MR) is 124 cm³/mol. The van der Waals surface area contributed by atoms with E-state index in [0.29, 0.717) is 19.3 Å². The number of aliphatic hydroxyl groups is 1. The molecule has 0 saturated carbocycles. The first kappa shape index (κ1) is 20.8. The molecule has 0 radical (unpaired) electrons. The lowest BCUT2D eigenvalue weighted by Gasteiger charge is -2.42. The van der Waals surface area contributed by atoms with Crippen LogP contribution in [0.1, 0.15) is 48.2 Å². The van der Waals surface area contributed by atoms with Crippen LogP contribution in [0.4, 0.5) is 0 Å². The molecule has 4 rings (SSSR count). The Hall–Kier alpha value is -1.46. The van der Waals surface area contributed by atoms with E-state index in [1.165, 1.54) is 5.56 Å². The predicted octanol–water partition coefficient (Wildman–Crippen LogP) is 7.17. The molecule has 1 heterocycles. The molecular weight excluding hydrogens is 492 g/mol. The summed E-state index contributed by atoms with van der Waals surface area (Å²) < 4.78 is 8.58. The lowest BCUT2D eigenvalue weighted by molar-refractivity contribution is -0.151. The van der Waals surface area contributed by atoms with Gasteiger partial charge in [-0.15, -0.1) is 0 Å². The summed E-state index contributed by atoms with van der Waals surface area (Å²) in [5.74, 6) is 0. The molecule has 2 unspecified atom stereocenters. The fourth-order valence-corrected chi connectivity index (χ4v) is 5.21. The summed E-state index contributed by atoms with van der Waals surface area (Å²) in [6.45, 7) is 0. The zero-order valence-corrected chi connectivity index (χ0v) is 19.3. The van der Waals surface area contributed by atoms with Crippen LogP contribution in [-0.4, -0.2) is 10.7 Å². The summed E-state index contributed by atoms with van der Waals surface area (Å²) in [5.41, 5.74) is 2.63. The topological polar surface area (TPSA) is 29.5 Å². The van der Waals surface area contributed by atoms with Crippen molar-refractivity contribution in [3.63, 3.8) is 0 Å². The van der Waals surface area contributed by atoms with E-state index in [0.717, 1.165) is 26.5 Å². The minimum Gasteiger partial charge on any atom is -0.390 e. The smallest absolute Gasteiger partial charge is 0.0871 e. The molecule has 29 heavy (non-hydrogen) atoms. The van der Waals surface area contributed by atoms with E-state index in [-0.39, 0.29) is 12.2 Å². The molecule has 0 bridgehead atoms. The van der Waals surface area contributed by atoms with Gasteiger partial charge in [-0.05, 0) is 41.7 Å². The second-order valence-electron chi connectivity index (χ2n) is 7.77. The SMILES string of the molecule is OC1(CCc2ccccc2)CC(c2ccccc2Br)OC(c2ccccc2Br)C1. The molecule has 1 saturated heterocycles. The number of hydrogen-bond acceptors (Lipinski definition) is 2. The average Bonchev–Trinajstić information content (AvgIpc) is 2.73. The number of rotatable bonds is 5. The van der Waals surface area contributed by atoms with E-state index < -0.39 is 5.60 Å². The van der Waals surface area contributed by atoms with Crippen molar-refractivity contribution in [2.75, 3.05) is 0 Å². The maximum absolute atomic E-state index is 11.7. The quantitative estimate of drug-likeness (QED) is 0.390. The summed E-state index contributed by atoms with van der Waals surface area (Å²) >= 11 is 7.33. The van der Waals surface area contributed by atoms with E-state index in [1.54, 1.807) is 0 Å². The third-order valence-corrected chi connectivity index (χ3v) is 7.13. The maximum Gasteiger partial charge on any atom is 0.0871 e. The Morgan fingerprint density at radius 2 is 1.24 bits per heavy atom. The van der Waals surface area contributed by atoms with Gasteiger partial charge in [0.15, 0.2) is 0 Å². The molecule has 0 aliphatic carbocycles. The van der Waals surface area contributed by atoms with E-state index in [9.17, 15) is 5.11 Å². The average molecular weight is 516 g/mol. The van der Waals surface area contributed by atoms with E-state index in [1.807, 2.05) is 42.5 Å². The number of halogens is 2. The summed E-state index contributed by atoms with van der Waals surface area (Å²) in [4.78, 5) is 0. The van der Waals surface area contributed by atoms with Crippen molar-refractivity contribution < 1.29 is 9.84 Å². The van der Waals surface area contributed by atoms with E-state index in [4.69, 9.17) is 4.74 Å². The van der Waals surface area contributed by atoms with E-state index in [2.05, 4.69) is 68.3 Å². The molecule has 1 aliphatic heterocycles. The molecule has 150 valence electrons. The highest BCUT2D eigenvalue weighted by Gasteiger charge is 2.41. The zero-order chi connectivity index (χ0) is 20.3. The van der Waals surface area contributed by atoms with Gasteiger partial charge in [-0.3, -0.25) is 0 Å². The van der Waals surface area contributed by atoms with Crippen molar-refractivity contribution >= 4 is 31.9 Å². The van der Waals surface area contributed by atoms with Crippen LogP contribution in [0, 0.1) is 0 Å². The highest BCUT2D eigenvalue weighted by Crippen LogP contribution is 2.47. The van der Waals surface area contributed by atoms with Crippen molar-refractivity contribution in [3.05, 3.63) is 104 Å². The number of benzene rings is 3. The number of aryl methyl sites for hydroxylation is 1. The second-order valence-corrected chi connectivity index (χ2v) is 9.48. The summed E-state index contributed by atoms with van der Waals surface area (Å²) in [7, 11) is 0. The first-order valence-corrected chi connectivity index (χ1v) is 11.5. The van der Waals surface area contributed by atoms with Crippen LogP contribution in [0.3, 0.4) is 0 Å². The van der Waals surface area contributed by atoms with E-state index >= 15 is 0 Å². The second kappa shape index (κ2) is 9.13. The van der Waals surface area contributed by atoms with Crippen molar-refractivity contribution in [1.82, 2.24) is 0 Å². The van der Waals surface area contributed by atoms with Crippen LogP contribution in [0.2, 0.25) is 0 Å². The van der Waals surface area contributed by atoms with Gasteiger partial charge in [-0.2, -0.15) is 0 Å². The van der Waals surface area contributed by atoms with Crippen LogP contribution >= 0.6 is 31.9 Å². The molecular formula is C25H24Br2O2. The van der Waals surface area contributed by atoms with Crippen LogP contribution in [0.25, 0.3) is 0 Å². The molecule has 4 heteroatoms. The Morgan fingerprint density at radius 1 is 0.759 bits per heavy atom. The third-order valence-electron chi connectivity index (χ3n) is 5.69. The Bertz CT molecular complexity index is 904. The highest BCUT2D eigenvalue weighted by atomic mass is 79.9. The van der Waals surface area contributed by atoms with Gasteiger partial charge in [0.05, 0.1) is 17.8 Å². The summed E-state index contributed by atoms with van der Waals surface area (Å²) in [6.07, 6.45) is 2.40. The Kier molecular flexibility index (Phi) is 6.55. The zero-order valence-electron chi connectivity index (χ0n) is 16.1. The lowest BCUT2D eigenvalue weighted by Crippen LogP contribution is -2.39. The largest absolute Gasteiger partial charge is 0.390 e. The third kappa shape index (κ3) is 5.00. The van der Waals surface area contributed by atoms with Gasteiger partial charge in [0, 0.05) is 21.8 Å². The molecule has 2 nitrogen and oxygen atoms in total. The Morgan fingerprint density at radius 3 is 1.76 bits per heavy atom. The maximum atomic E-state index is 11.7. The van der Waals surface area contributed by atoms with Crippen LogP contribution in [0.5, 0.6) is 0 Å². The van der Waals surface area contributed by atoms with Gasteiger partial charge in [-0.1, -0.05) is 98.6 Å². The molecule has 3 aromatic carbocycles. The van der Waals surface area contributed by atoms with Crippen molar-refractivity contribution in [2.24, 2.45) is 0 Å². The minimum absolute atomic E-state index is 0.169. The standard InChI is InChI=1S/C25H24Br2O2/c26-21-12-6-4-10-19(21)23-16-25(28,15-14-18-8-2-1-3-9-18)17-24(29-23)20-11-5-7-13-22(20)27/h1-13,23-24,28H,14-17H2. The molecule has 3 aromatic rings. The molecule has 1 aliphatic rings. The molecule has 1 N–H and O–H groups in total.